The fourth-order valence-electron chi connectivity index (χ4n) is 2.06. The molecular weight excluding hydrogens is 292 g/mol. The second-order valence-electron chi connectivity index (χ2n) is 4.97. The molecule has 2 N–H and O–H groups in total. The van der Waals surface area contributed by atoms with Crippen molar-refractivity contribution in [3.05, 3.63) is 60.2 Å². The van der Waals surface area contributed by atoms with Gasteiger partial charge in [0, 0.05) is 18.3 Å². The predicted molar refractivity (Wildman–Crippen MR) is 89.6 cm³/mol. The molecule has 120 valence electrons. The largest absolute Gasteiger partial charge is 0.481 e. The van der Waals surface area contributed by atoms with Gasteiger partial charge in [-0.1, -0.05) is 25.1 Å². The normalized spacial score (nSPS) is 11.4. The Labute approximate surface area is 135 Å². The molecule has 0 unspecified atom stereocenters. The molecular formula is C18H20N2O3. The lowest BCUT2D eigenvalue weighted by Gasteiger charge is -2.17. The summed E-state index contributed by atoms with van der Waals surface area (Å²) in [5.41, 5.74) is 1.16. The molecule has 0 fully saturated rings. The van der Waals surface area contributed by atoms with E-state index in [9.17, 15) is 9.59 Å². The molecule has 2 aromatic rings. The van der Waals surface area contributed by atoms with E-state index < -0.39 is 6.10 Å². The minimum Gasteiger partial charge on any atom is -0.481 e. The van der Waals surface area contributed by atoms with E-state index in [2.05, 4.69) is 10.6 Å². The smallest absolute Gasteiger partial charge is 0.265 e. The number of carbonyl (C=O) groups excluding carboxylic acids is 2. The highest BCUT2D eigenvalue weighted by Crippen LogP contribution is 2.15. The first kappa shape index (κ1) is 16.5. The van der Waals surface area contributed by atoms with Crippen molar-refractivity contribution in [2.45, 2.75) is 19.4 Å². The van der Waals surface area contributed by atoms with Crippen LogP contribution in [0.3, 0.4) is 0 Å². The van der Waals surface area contributed by atoms with E-state index >= 15 is 0 Å². The van der Waals surface area contributed by atoms with Gasteiger partial charge in [-0.05, 0) is 42.8 Å². The zero-order chi connectivity index (χ0) is 16.7. The van der Waals surface area contributed by atoms with Crippen LogP contribution in [-0.4, -0.2) is 25.0 Å². The molecule has 0 bridgehead atoms. The monoisotopic (exact) mass is 312 g/mol. The Kier molecular flexibility index (Phi) is 5.74. The first-order chi connectivity index (χ1) is 11.1. The van der Waals surface area contributed by atoms with Gasteiger partial charge in [-0.25, -0.2) is 0 Å². The number of hydrogen-bond acceptors (Lipinski definition) is 3. The van der Waals surface area contributed by atoms with Crippen molar-refractivity contribution in [3.63, 3.8) is 0 Å². The molecule has 0 aliphatic rings. The lowest BCUT2D eigenvalue weighted by atomic mass is 10.2. The lowest BCUT2D eigenvalue weighted by Crippen LogP contribution is -2.32. The Balaban J connectivity index is 2.00. The molecule has 0 saturated carbocycles. The van der Waals surface area contributed by atoms with E-state index in [0.29, 0.717) is 23.4 Å². The molecule has 0 aliphatic carbocycles. The maximum atomic E-state index is 12.3. The second-order valence-corrected chi connectivity index (χ2v) is 4.97. The van der Waals surface area contributed by atoms with Crippen molar-refractivity contribution in [2.24, 2.45) is 0 Å². The maximum Gasteiger partial charge on any atom is 0.265 e. The SMILES string of the molecule is CC[C@@H](Oc1ccccc1)C(=O)Nc1ccc(C(=O)NC)cc1. The van der Waals surface area contributed by atoms with E-state index in [1.54, 1.807) is 31.3 Å². The van der Waals surface area contributed by atoms with Crippen LogP contribution in [0.25, 0.3) is 0 Å². The molecule has 23 heavy (non-hydrogen) atoms. The van der Waals surface area contributed by atoms with Crippen molar-refractivity contribution in [3.8, 4) is 5.75 Å². The van der Waals surface area contributed by atoms with Crippen LogP contribution in [-0.2, 0) is 4.79 Å². The number of para-hydroxylation sites is 1. The van der Waals surface area contributed by atoms with E-state index in [1.807, 2.05) is 37.3 Å². The van der Waals surface area contributed by atoms with Crippen LogP contribution >= 0.6 is 0 Å². The molecule has 0 aliphatic heterocycles. The van der Waals surface area contributed by atoms with E-state index in [0.717, 1.165) is 0 Å². The number of anilines is 1. The Morgan fingerprint density at radius 1 is 1.04 bits per heavy atom. The Morgan fingerprint density at radius 3 is 2.26 bits per heavy atom. The Morgan fingerprint density at radius 2 is 1.70 bits per heavy atom. The van der Waals surface area contributed by atoms with Gasteiger partial charge in [-0.3, -0.25) is 9.59 Å². The third-order valence-electron chi connectivity index (χ3n) is 3.33. The van der Waals surface area contributed by atoms with Gasteiger partial charge < -0.3 is 15.4 Å². The average Bonchev–Trinajstić information content (AvgIpc) is 2.60. The summed E-state index contributed by atoms with van der Waals surface area (Å²) in [5, 5.41) is 5.35. The summed E-state index contributed by atoms with van der Waals surface area (Å²) < 4.78 is 5.70. The molecule has 5 heteroatoms. The molecule has 1 atom stereocenters. The minimum atomic E-state index is -0.573. The molecule has 0 spiro atoms. The van der Waals surface area contributed by atoms with Gasteiger partial charge >= 0.3 is 0 Å². The van der Waals surface area contributed by atoms with Crippen LogP contribution in [0.2, 0.25) is 0 Å². The zero-order valence-electron chi connectivity index (χ0n) is 13.2. The predicted octanol–water partition coefficient (Wildman–Crippen LogP) is 2.84. The molecule has 0 aromatic heterocycles. The Hall–Kier alpha value is -2.82. The molecule has 0 radical (unpaired) electrons. The van der Waals surface area contributed by atoms with Gasteiger partial charge in [0.05, 0.1) is 0 Å². The molecule has 0 heterocycles. The van der Waals surface area contributed by atoms with Crippen molar-refractivity contribution < 1.29 is 14.3 Å². The van der Waals surface area contributed by atoms with E-state index in [4.69, 9.17) is 4.74 Å². The van der Waals surface area contributed by atoms with Crippen LogP contribution < -0.4 is 15.4 Å². The second kappa shape index (κ2) is 7.98. The summed E-state index contributed by atoms with van der Waals surface area (Å²) in [6.45, 7) is 1.89. The number of hydrogen-bond donors (Lipinski definition) is 2. The summed E-state index contributed by atoms with van der Waals surface area (Å²) in [6, 6.07) is 15.9. The summed E-state index contributed by atoms with van der Waals surface area (Å²) in [7, 11) is 1.57. The van der Waals surface area contributed by atoms with Gasteiger partial charge in [-0.2, -0.15) is 0 Å². The number of rotatable bonds is 6. The fourth-order valence-corrected chi connectivity index (χ4v) is 2.06. The highest BCUT2D eigenvalue weighted by atomic mass is 16.5. The van der Waals surface area contributed by atoms with Crippen LogP contribution in [0.4, 0.5) is 5.69 Å². The summed E-state index contributed by atoms with van der Waals surface area (Å²) in [6.07, 6.45) is -0.0205. The third-order valence-corrected chi connectivity index (χ3v) is 3.33. The van der Waals surface area contributed by atoms with Crippen molar-refractivity contribution >= 4 is 17.5 Å². The lowest BCUT2D eigenvalue weighted by molar-refractivity contribution is -0.122. The number of nitrogens with one attached hydrogen (secondary N) is 2. The van der Waals surface area contributed by atoms with Crippen LogP contribution in [0.15, 0.2) is 54.6 Å². The zero-order valence-corrected chi connectivity index (χ0v) is 13.2. The van der Waals surface area contributed by atoms with Crippen LogP contribution in [0, 0.1) is 0 Å². The van der Waals surface area contributed by atoms with Crippen molar-refractivity contribution in [1.29, 1.82) is 0 Å². The first-order valence-electron chi connectivity index (χ1n) is 7.48. The summed E-state index contributed by atoms with van der Waals surface area (Å²) in [4.78, 5) is 23.8. The number of benzene rings is 2. The highest BCUT2D eigenvalue weighted by Gasteiger charge is 2.18. The fraction of sp³-hybridized carbons (Fsp3) is 0.222. The summed E-state index contributed by atoms with van der Waals surface area (Å²) >= 11 is 0. The minimum absolute atomic E-state index is 0.165. The number of carbonyl (C=O) groups is 2. The van der Waals surface area contributed by atoms with Gasteiger partial charge in [0.15, 0.2) is 6.10 Å². The van der Waals surface area contributed by atoms with E-state index in [1.165, 1.54) is 0 Å². The molecule has 2 amide bonds. The number of amides is 2. The standard InChI is InChI=1S/C18H20N2O3/c1-3-16(23-15-7-5-4-6-8-15)18(22)20-14-11-9-13(10-12-14)17(21)19-2/h4-12,16H,3H2,1-2H3,(H,19,21)(H,20,22)/t16-/m1/s1. The first-order valence-corrected chi connectivity index (χ1v) is 7.48. The van der Waals surface area contributed by atoms with Gasteiger partial charge in [-0.15, -0.1) is 0 Å². The number of ether oxygens (including phenoxy) is 1. The van der Waals surface area contributed by atoms with Crippen molar-refractivity contribution in [2.75, 3.05) is 12.4 Å². The summed E-state index contributed by atoms with van der Waals surface area (Å²) in [5.74, 6) is 0.273. The molecule has 0 saturated heterocycles. The average molecular weight is 312 g/mol. The van der Waals surface area contributed by atoms with Gasteiger partial charge in [0.1, 0.15) is 5.75 Å². The maximum absolute atomic E-state index is 12.3. The molecule has 2 rings (SSSR count). The quantitative estimate of drug-likeness (QED) is 0.862. The topological polar surface area (TPSA) is 67.4 Å². The van der Waals surface area contributed by atoms with Crippen molar-refractivity contribution in [1.82, 2.24) is 5.32 Å². The molecule has 2 aromatic carbocycles. The van der Waals surface area contributed by atoms with Crippen LogP contribution in [0.1, 0.15) is 23.7 Å². The van der Waals surface area contributed by atoms with Crippen LogP contribution in [0.5, 0.6) is 5.75 Å². The highest BCUT2D eigenvalue weighted by molar-refractivity contribution is 5.96. The van der Waals surface area contributed by atoms with Gasteiger partial charge in [0.2, 0.25) is 0 Å². The van der Waals surface area contributed by atoms with E-state index in [-0.39, 0.29) is 11.8 Å². The molecule has 5 nitrogen and oxygen atoms in total. The van der Waals surface area contributed by atoms with Gasteiger partial charge in [0.25, 0.3) is 11.8 Å². The third kappa shape index (κ3) is 4.57. The Bertz CT molecular complexity index is 654.